The lowest BCUT2D eigenvalue weighted by atomic mass is 9.85. The molecule has 0 saturated heterocycles. The zero-order valence-corrected chi connectivity index (χ0v) is 39.8. The van der Waals surface area contributed by atoms with Crippen LogP contribution in [0.5, 0.6) is 0 Å². The Morgan fingerprint density at radius 1 is 0.484 bits per heavy atom. The van der Waals surface area contributed by atoms with Gasteiger partial charge in [0, 0.05) is 12.8 Å². The zero-order valence-electron chi connectivity index (χ0n) is 38.9. The molecule has 0 spiro atoms. The first kappa shape index (κ1) is 58.6. The fraction of sp³-hybridized carbons (Fsp3) is 0.917. The number of aliphatic hydroxyl groups is 5. The minimum atomic E-state index is -5.12. The molecule has 0 aromatic carbocycles. The van der Waals surface area contributed by atoms with E-state index in [1.165, 1.54) is 128 Å². The second kappa shape index (κ2) is 38.8. The van der Waals surface area contributed by atoms with Gasteiger partial charge >= 0.3 is 19.8 Å². The van der Waals surface area contributed by atoms with Crippen LogP contribution in [0.15, 0.2) is 12.2 Å². The Morgan fingerprint density at radius 3 is 1.24 bits per heavy atom. The Kier molecular flexibility index (Phi) is 36.7. The first-order chi connectivity index (χ1) is 29.9. The van der Waals surface area contributed by atoms with Crippen LogP contribution in [0.4, 0.5) is 0 Å². The summed E-state index contributed by atoms with van der Waals surface area (Å²) in [5.74, 6) is -1.09. The molecule has 0 aromatic heterocycles. The van der Waals surface area contributed by atoms with E-state index >= 15 is 0 Å². The molecule has 0 radical (unpaired) electrons. The lowest BCUT2D eigenvalue weighted by Gasteiger charge is -2.41. The molecule has 14 heteroatoms. The highest BCUT2D eigenvalue weighted by Gasteiger charge is 2.51. The summed E-state index contributed by atoms with van der Waals surface area (Å²) in [4.78, 5) is 35.8. The highest BCUT2D eigenvalue weighted by atomic mass is 31.2. The lowest BCUT2D eigenvalue weighted by molar-refractivity contribution is -0.220. The smallest absolute Gasteiger partial charge is 0.462 e. The van der Waals surface area contributed by atoms with Crippen molar-refractivity contribution in [2.75, 3.05) is 13.2 Å². The number of hydrogen-bond acceptors (Lipinski definition) is 12. The van der Waals surface area contributed by atoms with Gasteiger partial charge in [0.15, 0.2) is 6.10 Å². The number of allylic oxidation sites excluding steroid dienone is 2. The molecule has 0 aromatic rings. The van der Waals surface area contributed by atoms with Crippen molar-refractivity contribution in [1.29, 1.82) is 0 Å². The standard InChI is InChI=1S/C48H91O13P/c1-3-5-7-9-11-13-15-17-19-20-21-23-24-26-28-30-32-34-36-41(49)58-38-40(39-59-62(56,57)61-48-46(54)44(52)43(51)45(53)47(48)55)60-42(50)37-35-33-31-29-27-25-22-18-16-14-12-10-8-6-4-2/h14,16,40,43-48,51-55H,3-13,15,17-39H2,1-2H3,(H,56,57)/b16-14+/t40-,43?,44-,45?,46?,47?,48?/m0/s1. The summed E-state index contributed by atoms with van der Waals surface area (Å²) in [7, 11) is -5.12. The van der Waals surface area contributed by atoms with E-state index in [0.29, 0.717) is 12.8 Å². The van der Waals surface area contributed by atoms with Crippen LogP contribution in [0.1, 0.15) is 226 Å². The van der Waals surface area contributed by atoms with Gasteiger partial charge in [-0.2, -0.15) is 0 Å². The van der Waals surface area contributed by atoms with Gasteiger partial charge < -0.3 is 39.9 Å². The van der Waals surface area contributed by atoms with Gasteiger partial charge in [0.25, 0.3) is 0 Å². The van der Waals surface area contributed by atoms with Crippen LogP contribution in [0.3, 0.4) is 0 Å². The second-order valence-corrected chi connectivity index (χ2v) is 19.1. The Bertz CT molecular complexity index is 1140. The average molecular weight is 907 g/mol. The van der Waals surface area contributed by atoms with E-state index in [1.807, 2.05) is 0 Å². The van der Waals surface area contributed by atoms with Crippen molar-refractivity contribution < 1.29 is 63.1 Å². The molecule has 1 aliphatic carbocycles. The summed E-state index contributed by atoms with van der Waals surface area (Å²) in [6, 6.07) is 0. The summed E-state index contributed by atoms with van der Waals surface area (Å²) >= 11 is 0. The molecule has 13 nitrogen and oxygen atoms in total. The van der Waals surface area contributed by atoms with E-state index < -0.39 is 75.7 Å². The van der Waals surface area contributed by atoms with Crippen LogP contribution < -0.4 is 0 Å². The molecule has 1 rings (SSSR count). The second-order valence-electron chi connectivity index (χ2n) is 17.7. The highest BCUT2D eigenvalue weighted by Crippen LogP contribution is 2.47. The minimum Gasteiger partial charge on any atom is -0.462 e. The van der Waals surface area contributed by atoms with Gasteiger partial charge in [-0.1, -0.05) is 187 Å². The van der Waals surface area contributed by atoms with E-state index in [4.69, 9.17) is 18.5 Å². The van der Waals surface area contributed by atoms with E-state index in [2.05, 4.69) is 26.0 Å². The van der Waals surface area contributed by atoms with E-state index in [1.54, 1.807) is 0 Å². The van der Waals surface area contributed by atoms with Gasteiger partial charge in [-0.25, -0.2) is 4.57 Å². The first-order valence-corrected chi connectivity index (χ1v) is 26.5. The molecular weight excluding hydrogens is 815 g/mol. The van der Waals surface area contributed by atoms with Gasteiger partial charge in [-0.15, -0.1) is 0 Å². The maximum absolute atomic E-state index is 12.8. The molecular formula is C48H91O13P. The number of hydrogen-bond donors (Lipinski definition) is 6. The third kappa shape index (κ3) is 30.7. The predicted octanol–water partition coefficient (Wildman–Crippen LogP) is 10.2. The molecule has 0 amide bonds. The number of carbonyl (C=O) groups excluding carboxylic acids is 2. The van der Waals surface area contributed by atoms with E-state index in [0.717, 1.165) is 57.8 Å². The largest absolute Gasteiger partial charge is 0.472 e. The van der Waals surface area contributed by atoms with Crippen molar-refractivity contribution in [3.63, 3.8) is 0 Å². The number of esters is 2. The Balaban J connectivity index is 2.40. The van der Waals surface area contributed by atoms with Gasteiger partial charge in [0.2, 0.25) is 0 Å². The topological polar surface area (TPSA) is 210 Å². The molecule has 0 bridgehead atoms. The molecule has 6 unspecified atom stereocenters. The number of phosphoric ester groups is 1. The van der Waals surface area contributed by atoms with Gasteiger partial charge in [0.1, 0.15) is 43.2 Å². The monoisotopic (exact) mass is 907 g/mol. The van der Waals surface area contributed by atoms with Crippen LogP contribution in [0.25, 0.3) is 0 Å². The van der Waals surface area contributed by atoms with Crippen LogP contribution in [-0.2, 0) is 32.7 Å². The maximum Gasteiger partial charge on any atom is 0.472 e. The summed E-state index contributed by atoms with van der Waals surface area (Å²) in [5, 5.41) is 50.2. The van der Waals surface area contributed by atoms with E-state index in [-0.39, 0.29) is 12.8 Å². The number of aliphatic hydroxyl groups excluding tert-OH is 5. The molecule has 6 N–H and O–H groups in total. The van der Waals surface area contributed by atoms with Crippen molar-refractivity contribution in [3.8, 4) is 0 Å². The molecule has 1 aliphatic rings. The third-order valence-corrected chi connectivity index (χ3v) is 12.8. The summed E-state index contributed by atoms with van der Waals surface area (Å²) in [6.45, 7) is 3.31. The molecule has 62 heavy (non-hydrogen) atoms. The van der Waals surface area contributed by atoms with Crippen LogP contribution >= 0.6 is 7.82 Å². The Morgan fingerprint density at radius 2 is 0.823 bits per heavy atom. The maximum atomic E-state index is 12.8. The predicted molar refractivity (Wildman–Crippen MR) is 244 cm³/mol. The van der Waals surface area contributed by atoms with Crippen molar-refractivity contribution in [2.24, 2.45) is 0 Å². The number of ether oxygens (including phenoxy) is 2. The molecule has 0 aliphatic heterocycles. The number of phosphoric acid groups is 1. The summed E-state index contributed by atoms with van der Waals surface area (Å²) in [5.41, 5.74) is 0. The molecule has 8 atom stereocenters. The Labute approximate surface area is 375 Å². The lowest BCUT2D eigenvalue weighted by Crippen LogP contribution is -2.64. The highest BCUT2D eigenvalue weighted by molar-refractivity contribution is 7.47. The molecule has 0 heterocycles. The quantitative estimate of drug-likeness (QED) is 0.0146. The van der Waals surface area contributed by atoms with Crippen LogP contribution in [0, 0.1) is 0 Å². The van der Waals surface area contributed by atoms with Crippen molar-refractivity contribution >= 4 is 19.8 Å². The van der Waals surface area contributed by atoms with E-state index in [9.17, 15) is 44.6 Å². The third-order valence-electron chi connectivity index (χ3n) is 11.9. The average Bonchev–Trinajstić information content (AvgIpc) is 3.25. The molecule has 1 fully saturated rings. The molecule has 1 saturated carbocycles. The fourth-order valence-corrected chi connectivity index (χ4v) is 8.79. The fourth-order valence-electron chi connectivity index (χ4n) is 7.81. The number of carbonyl (C=O) groups is 2. The van der Waals surface area contributed by atoms with Gasteiger partial charge in [0.05, 0.1) is 6.61 Å². The van der Waals surface area contributed by atoms with Crippen LogP contribution in [0.2, 0.25) is 0 Å². The summed E-state index contributed by atoms with van der Waals surface area (Å²) < 4.78 is 33.6. The molecule has 366 valence electrons. The first-order valence-electron chi connectivity index (χ1n) is 25.0. The number of rotatable bonds is 42. The number of unbranched alkanes of at least 4 members (excludes halogenated alkanes) is 28. The minimum absolute atomic E-state index is 0.0959. The summed E-state index contributed by atoms with van der Waals surface area (Å²) in [6.07, 6.45) is 28.3. The van der Waals surface area contributed by atoms with Crippen molar-refractivity contribution in [2.45, 2.75) is 268 Å². The van der Waals surface area contributed by atoms with Gasteiger partial charge in [-0.05, 0) is 38.5 Å². The van der Waals surface area contributed by atoms with Gasteiger partial charge in [-0.3, -0.25) is 18.6 Å². The van der Waals surface area contributed by atoms with Crippen LogP contribution in [-0.4, -0.2) is 98.3 Å². The normalized spacial score (nSPS) is 21.9. The van der Waals surface area contributed by atoms with Crippen molar-refractivity contribution in [3.05, 3.63) is 12.2 Å². The van der Waals surface area contributed by atoms with Crippen molar-refractivity contribution in [1.82, 2.24) is 0 Å². The zero-order chi connectivity index (χ0) is 45.7. The Hall–Kier alpha value is -1.41. The SMILES string of the molecule is CCCCCC/C=C/CCCCCCCCCC(=O)O[C@@H](COC(=O)CCCCCCCCCCCCCCCCCCCC)COP(=O)(O)OC1C(O)C(O)C(O)[C@H](O)C1O.